The molecule has 0 radical (unpaired) electrons. The van der Waals surface area contributed by atoms with Crippen molar-refractivity contribution in [3.63, 3.8) is 0 Å². The number of thioether (sulfide) groups is 5. The molecule has 6 rings (SSSR count). The van der Waals surface area contributed by atoms with Crippen molar-refractivity contribution in [2.45, 2.75) is 34.1 Å². The van der Waals surface area contributed by atoms with Gasteiger partial charge in [0.05, 0.1) is 42.6 Å². The number of carbonyl (C=O) groups excluding carboxylic acids is 4. The Labute approximate surface area is 369 Å². The average Bonchev–Trinajstić information content (AvgIpc) is 3.82. The third-order valence-electron chi connectivity index (χ3n) is 7.48. The summed E-state index contributed by atoms with van der Waals surface area (Å²) in [7, 11) is -0.284. The molecular formula is C42H38O8S8. The molecule has 2 heterocycles. The second-order valence-corrected chi connectivity index (χ2v) is 23.3. The van der Waals surface area contributed by atoms with E-state index >= 15 is 0 Å². The summed E-state index contributed by atoms with van der Waals surface area (Å²) in [5.41, 5.74) is 0. The molecular weight excluding hydrogens is 889 g/mol. The molecule has 1 aliphatic rings. The molecule has 302 valence electrons. The van der Waals surface area contributed by atoms with Crippen molar-refractivity contribution >= 4 is 116 Å². The molecule has 58 heavy (non-hydrogen) atoms. The van der Waals surface area contributed by atoms with E-state index in [0.717, 1.165) is 17.7 Å². The van der Waals surface area contributed by atoms with Crippen LogP contribution >= 0.6 is 92.0 Å². The van der Waals surface area contributed by atoms with E-state index in [1.54, 1.807) is 130 Å². The van der Waals surface area contributed by atoms with E-state index in [1.165, 1.54) is 7.37 Å². The second-order valence-electron chi connectivity index (χ2n) is 11.8. The van der Waals surface area contributed by atoms with Crippen molar-refractivity contribution in [3.05, 3.63) is 133 Å². The summed E-state index contributed by atoms with van der Waals surface area (Å²) in [6, 6.07) is 36.2. The van der Waals surface area contributed by atoms with Crippen molar-refractivity contribution in [3.8, 4) is 23.0 Å². The molecule has 0 bridgehead atoms. The Balaban J connectivity index is 1.18. The lowest BCUT2D eigenvalue weighted by molar-refractivity contribution is -0.134. The Morgan fingerprint density at radius 2 is 0.793 bits per heavy atom. The lowest BCUT2D eigenvalue weighted by Gasteiger charge is -2.09. The monoisotopic (exact) mass is 926 g/mol. The van der Waals surface area contributed by atoms with Crippen LogP contribution in [0.3, 0.4) is 0 Å². The summed E-state index contributed by atoms with van der Waals surface area (Å²) < 4.78 is 27.9. The van der Waals surface area contributed by atoms with E-state index in [2.05, 4.69) is 0 Å². The average molecular weight is 927 g/mol. The van der Waals surface area contributed by atoms with Crippen LogP contribution in [0.1, 0.15) is 25.7 Å². The molecule has 8 nitrogen and oxygen atoms in total. The molecule has 1 aromatic heterocycles. The molecule has 0 N–H and O–H groups in total. The maximum atomic E-state index is 12.8. The molecule has 0 fully saturated rings. The fourth-order valence-electron chi connectivity index (χ4n) is 4.81. The molecule has 5 aromatic rings. The highest BCUT2D eigenvalue weighted by Crippen LogP contribution is 2.58. The van der Waals surface area contributed by atoms with Crippen molar-refractivity contribution in [1.29, 1.82) is 0 Å². The lowest BCUT2D eigenvalue weighted by Crippen LogP contribution is -2.08. The van der Waals surface area contributed by atoms with Crippen LogP contribution in [0, 0.1) is 3.14 Å². The van der Waals surface area contributed by atoms with Crippen LogP contribution < -0.4 is 18.9 Å². The number of hydrogen-bond acceptors (Lipinski definition) is 15. The van der Waals surface area contributed by atoms with Gasteiger partial charge in [-0.25, -0.2) is 0 Å². The van der Waals surface area contributed by atoms with Gasteiger partial charge < -0.3 is 18.9 Å². The normalized spacial score (nSPS) is 13.6. The van der Waals surface area contributed by atoms with Crippen LogP contribution in [0.2, 0.25) is 0 Å². The van der Waals surface area contributed by atoms with E-state index in [1.807, 2.05) is 72.8 Å². The number of ether oxygens (including phenoxy) is 4. The van der Waals surface area contributed by atoms with Gasteiger partial charge >= 0.3 is 23.9 Å². The Kier molecular flexibility index (Phi) is 18.3. The van der Waals surface area contributed by atoms with E-state index in [0.29, 0.717) is 46.0 Å². The van der Waals surface area contributed by atoms with E-state index in [9.17, 15) is 19.2 Å². The first-order chi connectivity index (χ1) is 28.4. The fourth-order valence-corrected chi connectivity index (χ4v) is 20.9. The highest BCUT2D eigenvalue weighted by Gasteiger charge is 2.25. The largest absolute Gasteiger partial charge is 0.427 e. The molecule has 4 aromatic carbocycles. The van der Waals surface area contributed by atoms with E-state index in [-0.39, 0.29) is 60.0 Å². The van der Waals surface area contributed by atoms with Gasteiger partial charge in [0, 0.05) is 28.1 Å². The Morgan fingerprint density at radius 1 is 0.466 bits per heavy atom. The molecule has 0 amide bonds. The first-order valence-electron chi connectivity index (χ1n) is 18.0. The number of esters is 4. The number of benzene rings is 4. The van der Waals surface area contributed by atoms with Gasteiger partial charge in [0.15, 0.2) is 0 Å². The number of rotatable bonds is 20. The van der Waals surface area contributed by atoms with Gasteiger partial charge in [-0.15, -0.1) is 92.0 Å². The minimum atomic E-state index is -0.298. The SMILES string of the molecule is O=C(CCSC1=C(SCCC(=O)Oc2ccccc2)S(=c2sc(SCCC(=O)Oc3ccccc3)c(SCCC(=O)Oc3ccccc3)s2)CS1)Oc1ccccc1. The fraction of sp³-hybridized carbons (Fsp3) is 0.214. The van der Waals surface area contributed by atoms with Gasteiger partial charge in [-0.1, -0.05) is 72.8 Å². The third-order valence-corrected chi connectivity index (χ3v) is 21.1. The van der Waals surface area contributed by atoms with Gasteiger partial charge in [0.25, 0.3) is 0 Å². The predicted octanol–water partition coefficient (Wildman–Crippen LogP) is 12.1. The minimum absolute atomic E-state index is 0.236. The van der Waals surface area contributed by atoms with Crippen LogP contribution in [0.4, 0.5) is 0 Å². The molecule has 16 heteroatoms. The summed E-state index contributed by atoms with van der Waals surface area (Å²) in [5.74, 6) is 3.05. The molecule has 0 saturated carbocycles. The quantitative estimate of drug-likeness (QED) is 0.0320. The lowest BCUT2D eigenvalue weighted by atomic mass is 10.3. The number of carbonyl (C=O) groups is 4. The standard InChI is InChI=1S/C42H38O8S8/c43-34(47-30-13-5-1-6-14-30)21-25-51-38-39(52-26-22-35(44)48-31-15-7-2-8-16-31)57-42(56-38)58-29-55-40(53-27-23-36(45)49-32-17-9-3-10-18-32)41(58)54-28-24-37(46)50-33-19-11-4-12-20-33/h1-20H,21-29H2. The van der Waals surface area contributed by atoms with Gasteiger partial charge in [-0.05, 0) is 48.5 Å². The molecule has 1 aliphatic heterocycles. The van der Waals surface area contributed by atoms with Gasteiger partial charge in [-0.3, -0.25) is 19.2 Å². The van der Waals surface area contributed by atoms with Crippen LogP contribution in [0.5, 0.6) is 23.0 Å². The first-order valence-corrected chi connectivity index (χ1v) is 25.9. The van der Waals surface area contributed by atoms with Crippen molar-refractivity contribution in [1.82, 2.24) is 0 Å². The molecule has 0 spiro atoms. The minimum Gasteiger partial charge on any atom is -0.427 e. The molecule has 1 atom stereocenters. The van der Waals surface area contributed by atoms with E-state index in [4.69, 9.17) is 18.9 Å². The Bertz CT molecular complexity index is 2150. The Morgan fingerprint density at radius 3 is 1.16 bits per heavy atom. The van der Waals surface area contributed by atoms with Crippen LogP contribution in [-0.2, 0) is 19.2 Å². The van der Waals surface area contributed by atoms with Crippen LogP contribution in [0.25, 0.3) is 0 Å². The van der Waals surface area contributed by atoms with Crippen LogP contribution in [0.15, 0.2) is 138 Å². The molecule has 1 unspecified atom stereocenters. The smallest absolute Gasteiger partial charge is 0.312 e. The summed E-state index contributed by atoms with van der Waals surface area (Å²) in [6.45, 7) is 0. The number of hydrogen-bond donors (Lipinski definition) is 0. The Hall–Kier alpha value is -3.35. The maximum Gasteiger partial charge on any atom is 0.312 e. The topological polar surface area (TPSA) is 105 Å². The number of para-hydroxylation sites is 4. The van der Waals surface area contributed by atoms with Gasteiger partial charge in [0.1, 0.15) is 26.1 Å². The van der Waals surface area contributed by atoms with Crippen molar-refractivity contribution in [2.24, 2.45) is 0 Å². The summed E-state index contributed by atoms with van der Waals surface area (Å²) in [4.78, 5) is 50.8. The van der Waals surface area contributed by atoms with Crippen molar-refractivity contribution < 1.29 is 38.1 Å². The highest BCUT2D eigenvalue weighted by molar-refractivity contribution is 8.40. The predicted molar refractivity (Wildman–Crippen MR) is 246 cm³/mol. The van der Waals surface area contributed by atoms with E-state index < -0.39 is 0 Å². The summed E-state index contributed by atoms with van der Waals surface area (Å²) in [5, 5.41) is 0.839. The second kappa shape index (κ2) is 24.0. The maximum absolute atomic E-state index is 12.8. The molecule has 0 saturated heterocycles. The summed E-state index contributed by atoms with van der Waals surface area (Å²) >= 11 is 11.8. The molecule has 0 aliphatic carbocycles. The zero-order valence-electron chi connectivity index (χ0n) is 30.9. The van der Waals surface area contributed by atoms with Crippen molar-refractivity contribution in [2.75, 3.05) is 28.1 Å². The van der Waals surface area contributed by atoms with Gasteiger partial charge in [0.2, 0.25) is 0 Å². The first kappa shape index (κ1) is 44.2. The summed E-state index contributed by atoms with van der Waals surface area (Å²) in [6.07, 6.45) is 0.960. The zero-order chi connectivity index (χ0) is 40.4. The zero-order valence-corrected chi connectivity index (χ0v) is 37.5. The third kappa shape index (κ3) is 14.7. The van der Waals surface area contributed by atoms with Crippen LogP contribution in [-0.4, -0.2) is 52.0 Å². The van der Waals surface area contributed by atoms with Gasteiger partial charge in [-0.2, -0.15) is 0 Å². The highest BCUT2D eigenvalue weighted by atomic mass is 32.3.